The van der Waals surface area contributed by atoms with Gasteiger partial charge in [-0.05, 0) is 35.9 Å². The lowest BCUT2D eigenvalue weighted by atomic mass is 10.2. The smallest absolute Gasteiger partial charge is 0.248 e. The van der Waals surface area contributed by atoms with Crippen LogP contribution in [0.25, 0.3) is 0 Å². The van der Waals surface area contributed by atoms with Gasteiger partial charge >= 0.3 is 0 Å². The Balaban J connectivity index is 1.52. The number of amides is 1. The number of nitrogens with zero attached hydrogens (tertiary/aromatic N) is 2. The van der Waals surface area contributed by atoms with Gasteiger partial charge in [0.05, 0.1) is 13.7 Å². The van der Waals surface area contributed by atoms with Crippen LogP contribution < -0.4 is 4.74 Å². The van der Waals surface area contributed by atoms with Crippen molar-refractivity contribution in [3.63, 3.8) is 0 Å². The zero-order valence-electron chi connectivity index (χ0n) is 16.4. The van der Waals surface area contributed by atoms with Gasteiger partial charge in [-0.3, -0.25) is 4.79 Å². The number of piperazine rings is 1. The van der Waals surface area contributed by atoms with Crippen molar-refractivity contribution in [3.05, 3.63) is 59.7 Å². The molecule has 2 aromatic rings. The van der Waals surface area contributed by atoms with Crippen molar-refractivity contribution in [2.75, 3.05) is 39.9 Å². The maximum atomic E-state index is 13.9. The molecule has 0 atom stereocenters. The fourth-order valence-corrected chi connectivity index (χ4v) is 4.60. The molecule has 1 aliphatic heterocycles. The van der Waals surface area contributed by atoms with E-state index in [-0.39, 0.29) is 45.3 Å². The van der Waals surface area contributed by atoms with E-state index >= 15 is 0 Å². The number of rotatable bonds is 7. The monoisotopic (exact) mass is 440 g/mol. The number of hydrogen-bond acceptors (Lipinski definition) is 5. The molecular formula is C20H22F2N2O5S. The van der Waals surface area contributed by atoms with Crippen LogP contribution in [0.15, 0.2) is 47.4 Å². The lowest BCUT2D eigenvalue weighted by molar-refractivity contribution is -0.137. The number of sulfonamides is 1. The second kappa shape index (κ2) is 9.50. The van der Waals surface area contributed by atoms with Gasteiger partial charge in [-0.25, -0.2) is 17.2 Å². The van der Waals surface area contributed by atoms with E-state index in [1.807, 2.05) is 12.1 Å². The van der Waals surface area contributed by atoms with Gasteiger partial charge in [-0.2, -0.15) is 4.31 Å². The minimum absolute atomic E-state index is 0.0140. The molecule has 0 aliphatic carbocycles. The summed E-state index contributed by atoms with van der Waals surface area (Å²) in [7, 11) is -2.63. The maximum absolute atomic E-state index is 13.9. The van der Waals surface area contributed by atoms with E-state index in [0.717, 1.165) is 22.0 Å². The highest BCUT2D eigenvalue weighted by molar-refractivity contribution is 7.89. The van der Waals surface area contributed by atoms with E-state index in [1.54, 1.807) is 19.2 Å². The molecule has 162 valence electrons. The third kappa shape index (κ3) is 5.13. The van der Waals surface area contributed by atoms with Gasteiger partial charge in [0.1, 0.15) is 28.9 Å². The van der Waals surface area contributed by atoms with Crippen molar-refractivity contribution >= 4 is 15.9 Å². The first-order chi connectivity index (χ1) is 14.3. The molecule has 0 radical (unpaired) electrons. The van der Waals surface area contributed by atoms with E-state index < -0.39 is 26.6 Å². The van der Waals surface area contributed by atoms with Crippen molar-refractivity contribution in [2.24, 2.45) is 0 Å². The van der Waals surface area contributed by atoms with Crippen LogP contribution in [0.2, 0.25) is 0 Å². The molecule has 0 N–H and O–H groups in total. The third-order valence-corrected chi connectivity index (χ3v) is 6.64. The Morgan fingerprint density at radius 2 is 1.80 bits per heavy atom. The third-order valence-electron chi connectivity index (χ3n) is 4.73. The van der Waals surface area contributed by atoms with Gasteiger partial charge in [-0.1, -0.05) is 12.1 Å². The lowest BCUT2D eigenvalue weighted by Crippen LogP contribution is -2.51. The van der Waals surface area contributed by atoms with E-state index in [1.165, 1.54) is 4.90 Å². The summed E-state index contributed by atoms with van der Waals surface area (Å²) >= 11 is 0. The highest BCUT2D eigenvalue weighted by Crippen LogP contribution is 2.22. The first-order valence-electron chi connectivity index (χ1n) is 9.25. The summed E-state index contributed by atoms with van der Waals surface area (Å²) in [6.45, 7) is 0.327. The topological polar surface area (TPSA) is 76.2 Å². The van der Waals surface area contributed by atoms with Crippen LogP contribution in [-0.4, -0.2) is 63.4 Å². The number of carbonyl (C=O) groups is 1. The molecule has 10 heteroatoms. The summed E-state index contributed by atoms with van der Waals surface area (Å²) in [6.07, 6.45) is 0. The van der Waals surface area contributed by atoms with E-state index in [0.29, 0.717) is 11.8 Å². The minimum atomic E-state index is -4.19. The zero-order chi connectivity index (χ0) is 21.7. The quantitative estimate of drug-likeness (QED) is 0.659. The number of methoxy groups -OCH3 is 1. The summed E-state index contributed by atoms with van der Waals surface area (Å²) in [5, 5.41) is 0. The standard InChI is InChI=1S/C20H22F2N2O5S/c1-28-17-4-2-3-15(11-17)13-29-14-20(25)23-7-9-24(10-8-23)30(26,27)19-12-16(21)5-6-18(19)22/h2-6,11-12H,7-10,13-14H2,1H3. The van der Waals surface area contributed by atoms with Gasteiger partial charge in [0, 0.05) is 26.2 Å². The number of hydrogen-bond donors (Lipinski definition) is 0. The van der Waals surface area contributed by atoms with Gasteiger partial charge in [0.15, 0.2) is 0 Å². The van der Waals surface area contributed by atoms with Crippen molar-refractivity contribution in [2.45, 2.75) is 11.5 Å². The highest BCUT2D eigenvalue weighted by atomic mass is 32.2. The van der Waals surface area contributed by atoms with E-state index in [4.69, 9.17) is 9.47 Å². The zero-order valence-corrected chi connectivity index (χ0v) is 17.2. The summed E-state index contributed by atoms with van der Waals surface area (Å²) in [6, 6.07) is 9.58. The molecule has 3 rings (SSSR count). The number of ether oxygens (including phenoxy) is 2. The highest BCUT2D eigenvalue weighted by Gasteiger charge is 2.32. The molecule has 7 nitrogen and oxygen atoms in total. The van der Waals surface area contributed by atoms with Crippen molar-refractivity contribution in [1.29, 1.82) is 0 Å². The SMILES string of the molecule is COc1cccc(COCC(=O)N2CCN(S(=O)(=O)c3cc(F)ccc3F)CC2)c1. The maximum Gasteiger partial charge on any atom is 0.248 e. The Labute approximate surface area is 173 Å². The summed E-state index contributed by atoms with van der Waals surface area (Å²) in [5.41, 5.74) is 0.857. The lowest BCUT2D eigenvalue weighted by Gasteiger charge is -2.34. The molecule has 1 amide bonds. The Morgan fingerprint density at radius 3 is 2.50 bits per heavy atom. The average molecular weight is 440 g/mol. The van der Waals surface area contributed by atoms with Crippen LogP contribution in [0.3, 0.4) is 0 Å². The average Bonchev–Trinajstić information content (AvgIpc) is 2.75. The molecule has 0 spiro atoms. The number of benzene rings is 2. The summed E-state index contributed by atoms with van der Waals surface area (Å²) in [5.74, 6) is -1.43. The predicted octanol–water partition coefficient (Wildman–Crippen LogP) is 2.02. The van der Waals surface area contributed by atoms with Crippen LogP contribution in [0.4, 0.5) is 8.78 Å². The summed E-state index contributed by atoms with van der Waals surface area (Å²) < 4.78 is 64.1. The first-order valence-corrected chi connectivity index (χ1v) is 10.7. The van der Waals surface area contributed by atoms with E-state index in [9.17, 15) is 22.0 Å². The van der Waals surface area contributed by atoms with Crippen LogP contribution in [0.5, 0.6) is 5.75 Å². The van der Waals surface area contributed by atoms with Crippen LogP contribution in [0.1, 0.15) is 5.56 Å². The second-order valence-corrected chi connectivity index (χ2v) is 8.61. The molecule has 1 fully saturated rings. The van der Waals surface area contributed by atoms with Crippen molar-refractivity contribution < 1.29 is 31.5 Å². The molecule has 1 aliphatic rings. The van der Waals surface area contributed by atoms with Crippen LogP contribution in [-0.2, 0) is 26.2 Å². The van der Waals surface area contributed by atoms with Crippen molar-refractivity contribution in [1.82, 2.24) is 9.21 Å². The van der Waals surface area contributed by atoms with Gasteiger partial charge in [0.2, 0.25) is 15.9 Å². The molecule has 0 bridgehead atoms. The van der Waals surface area contributed by atoms with Gasteiger partial charge in [0.25, 0.3) is 0 Å². The largest absolute Gasteiger partial charge is 0.497 e. The predicted molar refractivity (Wildman–Crippen MR) is 104 cm³/mol. The van der Waals surface area contributed by atoms with E-state index in [2.05, 4.69) is 0 Å². The molecule has 0 aromatic heterocycles. The fourth-order valence-electron chi connectivity index (χ4n) is 3.10. The molecule has 1 heterocycles. The van der Waals surface area contributed by atoms with Crippen molar-refractivity contribution in [3.8, 4) is 5.75 Å². The van der Waals surface area contributed by atoms with Crippen LogP contribution in [0, 0.1) is 11.6 Å². The number of halogens is 2. The summed E-state index contributed by atoms with van der Waals surface area (Å²) in [4.78, 5) is 13.1. The Morgan fingerprint density at radius 1 is 1.07 bits per heavy atom. The van der Waals surface area contributed by atoms with Gasteiger partial charge in [-0.15, -0.1) is 0 Å². The molecule has 2 aromatic carbocycles. The molecule has 30 heavy (non-hydrogen) atoms. The molecule has 0 saturated carbocycles. The molecular weight excluding hydrogens is 418 g/mol. The second-order valence-electron chi connectivity index (χ2n) is 6.70. The Hall–Kier alpha value is -2.56. The van der Waals surface area contributed by atoms with Crippen LogP contribution >= 0.6 is 0 Å². The first kappa shape index (κ1) is 22.1. The minimum Gasteiger partial charge on any atom is -0.497 e. The number of carbonyl (C=O) groups excluding carboxylic acids is 1. The molecule has 0 unspecified atom stereocenters. The normalized spacial score (nSPS) is 15.2. The Kier molecular flexibility index (Phi) is 7.01. The fraction of sp³-hybridized carbons (Fsp3) is 0.350. The van der Waals surface area contributed by atoms with Gasteiger partial charge < -0.3 is 14.4 Å². The Bertz CT molecular complexity index is 1010. The molecule has 1 saturated heterocycles.